The largest absolute Gasteiger partial charge is 0.378 e. The van der Waals surface area contributed by atoms with Gasteiger partial charge in [0.05, 0.1) is 30.3 Å². The molecular weight excluding hydrogens is 402 g/mol. The van der Waals surface area contributed by atoms with Crippen molar-refractivity contribution in [1.29, 1.82) is 0 Å². The summed E-state index contributed by atoms with van der Waals surface area (Å²) in [5.74, 6) is -1.63. The highest BCUT2D eigenvalue weighted by Crippen LogP contribution is 2.26. The highest BCUT2D eigenvalue weighted by molar-refractivity contribution is 6.31. The number of ether oxygens (including phenoxy) is 1. The van der Waals surface area contributed by atoms with Crippen LogP contribution in [-0.2, 0) is 4.74 Å². The molecule has 152 valence electrons. The standard InChI is InChI=1S/C20H19ClF2N4O2/c1-11(19-25-16-3-2-13(21)10-17(16)26-19)24-20(28)12-8-14(22)18(15(23)9-12)27-4-6-29-7-5-27/h2-3,8-11H,4-7H2,1H3,(H,24,28)(H,25,26)/t11-/m0/s1. The summed E-state index contributed by atoms with van der Waals surface area (Å²) in [5.41, 5.74) is 1.22. The number of hydrogen-bond acceptors (Lipinski definition) is 4. The highest BCUT2D eigenvalue weighted by Gasteiger charge is 2.23. The Balaban J connectivity index is 1.52. The van der Waals surface area contributed by atoms with E-state index in [0.29, 0.717) is 42.7 Å². The van der Waals surface area contributed by atoms with Gasteiger partial charge in [-0.1, -0.05) is 11.6 Å². The summed E-state index contributed by atoms with van der Waals surface area (Å²) in [6.45, 7) is 3.33. The van der Waals surface area contributed by atoms with Crippen LogP contribution in [-0.4, -0.2) is 42.2 Å². The number of imidazole rings is 1. The normalized spacial score (nSPS) is 15.5. The van der Waals surface area contributed by atoms with Crippen LogP contribution in [0.5, 0.6) is 0 Å². The van der Waals surface area contributed by atoms with Crippen molar-refractivity contribution >= 4 is 34.2 Å². The lowest BCUT2D eigenvalue weighted by molar-refractivity contribution is 0.0937. The Morgan fingerprint density at radius 2 is 1.93 bits per heavy atom. The zero-order valence-electron chi connectivity index (χ0n) is 15.6. The van der Waals surface area contributed by atoms with Crippen LogP contribution >= 0.6 is 11.6 Å². The van der Waals surface area contributed by atoms with E-state index in [1.54, 1.807) is 30.0 Å². The number of morpholine rings is 1. The summed E-state index contributed by atoms with van der Waals surface area (Å²) in [6.07, 6.45) is 0. The van der Waals surface area contributed by atoms with Crippen molar-refractivity contribution in [3.05, 3.63) is 58.4 Å². The van der Waals surface area contributed by atoms with Crippen LogP contribution < -0.4 is 10.2 Å². The molecule has 0 radical (unpaired) electrons. The number of aromatic nitrogens is 2. The van der Waals surface area contributed by atoms with Gasteiger partial charge in [-0.25, -0.2) is 13.8 Å². The van der Waals surface area contributed by atoms with E-state index in [1.807, 2.05) is 0 Å². The molecule has 1 aliphatic rings. The van der Waals surface area contributed by atoms with E-state index in [0.717, 1.165) is 17.6 Å². The van der Waals surface area contributed by atoms with E-state index >= 15 is 0 Å². The summed E-state index contributed by atoms with van der Waals surface area (Å²) in [5, 5.41) is 3.27. The molecule has 6 nitrogen and oxygen atoms in total. The van der Waals surface area contributed by atoms with E-state index in [4.69, 9.17) is 16.3 Å². The second-order valence-electron chi connectivity index (χ2n) is 6.87. The highest BCUT2D eigenvalue weighted by atomic mass is 35.5. The fraction of sp³-hybridized carbons (Fsp3) is 0.300. The fourth-order valence-corrected chi connectivity index (χ4v) is 3.51. The minimum atomic E-state index is -0.775. The minimum absolute atomic E-state index is 0.0944. The molecule has 4 rings (SSSR count). The van der Waals surface area contributed by atoms with Gasteiger partial charge < -0.3 is 19.9 Å². The third-order valence-corrected chi connectivity index (χ3v) is 5.06. The van der Waals surface area contributed by atoms with Crippen LogP contribution in [0.25, 0.3) is 11.0 Å². The van der Waals surface area contributed by atoms with Crippen molar-refractivity contribution in [3.8, 4) is 0 Å². The number of carbonyl (C=O) groups is 1. The lowest BCUT2D eigenvalue weighted by Gasteiger charge is -2.29. The smallest absolute Gasteiger partial charge is 0.252 e. The van der Waals surface area contributed by atoms with Crippen LogP contribution in [0.2, 0.25) is 5.02 Å². The van der Waals surface area contributed by atoms with Gasteiger partial charge in [0.1, 0.15) is 23.1 Å². The van der Waals surface area contributed by atoms with Crippen LogP contribution in [0.1, 0.15) is 29.1 Å². The predicted molar refractivity (Wildman–Crippen MR) is 106 cm³/mol. The van der Waals surface area contributed by atoms with E-state index in [-0.39, 0.29) is 11.3 Å². The maximum absolute atomic E-state index is 14.6. The molecule has 1 atom stereocenters. The molecule has 0 spiro atoms. The SMILES string of the molecule is C[C@H](NC(=O)c1cc(F)c(N2CCOCC2)c(F)c1)c1nc2ccc(Cl)cc2[nH]1. The Morgan fingerprint density at radius 3 is 2.62 bits per heavy atom. The Labute approximate surface area is 170 Å². The lowest BCUT2D eigenvalue weighted by atomic mass is 10.1. The average molecular weight is 421 g/mol. The first-order chi connectivity index (χ1) is 13.9. The molecule has 1 aromatic heterocycles. The third-order valence-electron chi connectivity index (χ3n) is 4.83. The van der Waals surface area contributed by atoms with Crippen molar-refractivity contribution in [2.75, 3.05) is 31.2 Å². The maximum Gasteiger partial charge on any atom is 0.252 e. The summed E-state index contributed by atoms with van der Waals surface area (Å²) in [7, 11) is 0. The lowest BCUT2D eigenvalue weighted by Crippen LogP contribution is -2.37. The van der Waals surface area contributed by atoms with Crippen LogP contribution in [0, 0.1) is 11.6 Å². The monoisotopic (exact) mass is 420 g/mol. The molecule has 0 bridgehead atoms. The number of nitrogens with zero attached hydrogens (tertiary/aromatic N) is 2. The third kappa shape index (κ3) is 4.04. The number of benzene rings is 2. The van der Waals surface area contributed by atoms with Gasteiger partial charge in [0.15, 0.2) is 0 Å². The van der Waals surface area contributed by atoms with Gasteiger partial charge >= 0.3 is 0 Å². The molecule has 29 heavy (non-hydrogen) atoms. The molecule has 9 heteroatoms. The number of fused-ring (bicyclic) bond motifs is 1. The first-order valence-electron chi connectivity index (χ1n) is 9.20. The van der Waals surface area contributed by atoms with Crippen molar-refractivity contribution in [3.63, 3.8) is 0 Å². The number of carbonyl (C=O) groups excluding carboxylic acids is 1. The van der Waals surface area contributed by atoms with Crippen LogP contribution in [0.15, 0.2) is 30.3 Å². The van der Waals surface area contributed by atoms with Gasteiger partial charge in [0, 0.05) is 23.7 Å². The Kier molecular flexibility index (Phi) is 5.38. The van der Waals surface area contributed by atoms with Gasteiger partial charge in [-0.05, 0) is 37.3 Å². The van der Waals surface area contributed by atoms with Gasteiger partial charge in [0.2, 0.25) is 0 Å². The van der Waals surface area contributed by atoms with Crippen LogP contribution in [0.3, 0.4) is 0 Å². The fourth-order valence-electron chi connectivity index (χ4n) is 3.34. The summed E-state index contributed by atoms with van der Waals surface area (Å²) >= 11 is 5.97. The first kappa shape index (κ1) is 19.6. The van der Waals surface area contributed by atoms with Gasteiger partial charge in [0.25, 0.3) is 5.91 Å². The second kappa shape index (κ2) is 7.96. The van der Waals surface area contributed by atoms with E-state index in [9.17, 15) is 13.6 Å². The van der Waals surface area contributed by atoms with Crippen LogP contribution in [0.4, 0.5) is 14.5 Å². The molecule has 0 aliphatic carbocycles. The Morgan fingerprint density at radius 1 is 1.24 bits per heavy atom. The molecule has 1 amide bonds. The summed E-state index contributed by atoms with van der Waals surface area (Å²) < 4.78 is 34.3. The average Bonchev–Trinajstić information content (AvgIpc) is 3.11. The predicted octanol–water partition coefficient (Wildman–Crippen LogP) is 3.82. The molecule has 0 unspecified atom stereocenters. The molecular formula is C20H19ClF2N4O2. The number of amides is 1. The maximum atomic E-state index is 14.6. The van der Waals surface area contributed by atoms with Gasteiger partial charge in [-0.3, -0.25) is 4.79 Å². The number of rotatable bonds is 4. The molecule has 2 heterocycles. The number of H-pyrrole nitrogens is 1. The van der Waals surface area contributed by atoms with E-state index in [2.05, 4.69) is 15.3 Å². The number of halogens is 3. The quantitative estimate of drug-likeness (QED) is 0.673. The Bertz CT molecular complexity index is 1040. The molecule has 0 saturated carbocycles. The van der Waals surface area contributed by atoms with E-state index < -0.39 is 23.6 Å². The molecule has 1 aliphatic heterocycles. The topological polar surface area (TPSA) is 70.2 Å². The number of aromatic amines is 1. The summed E-state index contributed by atoms with van der Waals surface area (Å²) in [6, 6.07) is 6.82. The zero-order chi connectivity index (χ0) is 20.5. The number of nitrogens with one attached hydrogen (secondary N) is 2. The first-order valence-corrected chi connectivity index (χ1v) is 9.58. The number of anilines is 1. The van der Waals surface area contributed by atoms with Gasteiger partial charge in [-0.2, -0.15) is 0 Å². The zero-order valence-corrected chi connectivity index (χ0v) is 16.4. The molecule has 2 N–H and O–H groups in total. The van der Waals surface area contributed by atoms with Gasteiger partial charge in [-0.15, -0.1) is 0 Å². The Hall–Kier alpha value is -2.71. The molecule has 1 saturated heterocycles. The molecule has 3 aromatic rings. The molecule has 2 aromatic carbocycles. The van der Waals surface area contributed by atoms with E-state index in [1.165, 1.54) is 0 Å². The molecule has 1 fully saturated rings. The minimum Gasteiger partial charge on any atom is -0.378 e. The van der Waals surface area contributed by atoms with Crippen molar-refractivity contribution in [1.82, 2.24) is 15.3 Å². The van der Waals surface area contributed by atoms with Crippen molar-refractivity contribution < 1.29 is 18.3 Å². The number of hydrogen-bond donors (Lipinski definition) is 2. The summed E-state index contributed by atoms with van der Waals surface area (Å²) in [4.78, 5) is 21.6. The van der Waals surface area contributed by atoms with Crippen molar-refractivity contribution in [2.45, 2.75) is 13.0 Å². The van der Waals surface area contributed by atoms with Crippen molar-refractivity contribution in [2.24, 2.45) is 0 Å². The second-order valence-corrected chi connectivity index (χ2v) is 7.30.